The number of aliphatic hydroxyl groups is 1. The average Bonchev–Trinajstić information content (AvgIpc) is 2.70. The van der Waals surface area contributed by atoms with Gasteiger partial charge >= 0.3 is 0 Å². The van der Waals surface area contributed by atoms with Crippen LogP contribution >= 0.6 is 0 Å². The molecule has 2 atom stereocenters. The lowest BCUT2D eigenvalue weighted by Gasteiger charge is -2.43. The van der Waals surface area contributed by atoms with Crippen molar-refractivity contribution >= 4 is 5.57 Å². The van der Waals surface area contributed by atoms with Gasteiger partial charge in [0.1, 0.15) is 0 Å². The average molecular weight is 333 g/mol. The normalized spacial score (nSPS) is 27.7. The maximum atomic E-state index is 11.2. The Morgan fingerprint density at radius 3 is 2.36 bits per heavy atom. The molecule has 0 bridgehead atoms. The molecule has 4 rings (SSSR count). The molecular formula is C23H27NO. The highest BCUT2D eigenvalue weighted by atomic mass is 16.3. The second-order valence-corrected chi connectivity index (χ2v) is 7.49. The van der Waals surface area contributed by atoms with E-state index < -0.39 is 5.60 Å². The molecule has 1 aliphatic heterocycles. The first-order valence-electron chi connectivity index (χ1n) is 9.51. The molecular weight excluding hydrogens is 306 g/mol. The van der Waals surface area contributed by atoms with Gasteiger partial charge < -0.3 is 5.11 Å². The minimum Gasteiger partial charge on any atom is -0.385 e. The second kappa shape index (κ2) is 7.15. The van der Waals surface area contributed by atoms with Gasteiger partial charge in [-0.3, -0.25) is 4.90 Å². The fourth-order valence-corrected chi connectivity index (χ4v) is 4.48. The first-order valence-corrected chi connectivity index (χ1v) is 9.51. The van der Waals surface area contributed by atoms with Gasteiger partial charge in [-0.25, -0.2) is 0 Å². The standard InChI is InChI=1S/C23H27NO/c25-23(21-10-5-2-6-11-21)15-7-12-22(18-23)24-16-13-20(14-17-24)19-8-3-1-4-9-19/h1-6,8-11,13,22,25H,7,12,14-18H2. The molecule has 2 aromatic carbocycles. The van der Waals surface area contributed by atoms with Gasteiger partial charge in [-0.1, -0.05) is 66.7 Å². The minimum atomic E-state index is -0.659. The van der Waals surface area contributed by atoms with Gasteiger partial charge in [0.15, 0.2) is 0 Å². The first kappa shape index (κ1) is 16.6. The van der Waals surface area contributed by atoms with Gasteiger partial charge in [-0.05, 0) is 48.8 Å². The smallest absolute Gasteiger partial charge is 0.0911 e. The molecule has 1 N–H and O–H groups in total. The van der Waals surface area contributed by atoms with Crippen molar-refractivity contribution in [3.63, 3.8) is 0 Å². The zero-order chi connectivity index (χ0) is 17.1. The van der Waals surface area contributed by atoms with Crippen LogP contribution in [0.25, 0.3) is 5.57 Å². The van der Waals surface area contributed by atoms with Crippen LogP contribution in [0.2, 0.25) is 0 Å². The number of hydrogen-bond acceptors (Lipinski definition) is 2. The van der Waals surface area contributed by atoms with Crippen LogP contribution in [-0.4, -0.2) is 29.1 Å². The van der Waals surface area contributed by atoms with E-state index in [9.17, 15) is 5.11 Å². The van der Waals surface area contributed by atoms with Crippen molar-refractivity contribution in [2.75, 3.05) is 13.1 Å². The van der Waals surface area contributed by atoms with Crippen molar-refractivity contribution in [1.29, 1.82) is 0 Å². The van der Waals surface area contributed by atoms with Gasteiger partial charge in [0, 0.05) is 19.1 Å². The molecule has 130 valence electrons. The van der Waals surface area contributed by atoms with Gasteiger partial charge in [0.2, 0.25) is 0 Å². The molecule has 1 heterocycles. The number of rotatable bonds is 3. The Balaban J connectivity index is 1.45. The van der Waals surface area contributed by atoms with Gasteiger partial charge in [0.05, 0.1) is 5.60 Å². The highest BCUT2D eigenvalue weighted by Crippen LogP contribution is 2.39. The molecule has 0 saturated heterocycles. The Labute approximate surface area is 150 Å². The van der Waals surface area contributed by atoms with Crippen molar-refractivity contribution < 1.29 is 5.11 Å². The largest absolute Gasteiger partial charge is 0.385 e. The Hall–Kier alpha value is -1.90. The van der Waals surface area contributed by atoms with Crippen molar-refractivity contribution in [3.8, 4) is 0 Å². The summed E-state index contributed by atoms with van der Waals surface area (Å²) in [6, 6.07) is 21.4. The fourth-order valence-electron chi connectivity index (χ4n) is 4.48. The molecule has 0 aromatic heterocycles. The maximum absolute atomic E-state index is 11.2. The SMILES string of the molecule is OC1(c2ccccc2)CCCC(N2CC=C(c3ccccc3)CC2)C1. The Kier molecular flexibility index (Phi) is 4.74. The summed E-state index contributed by atoms with van der Waals surface area (Å²) in [6.07, 6.45) is 7.52. The van der Waals surface area contributed by atoms with E-state index in [1.165, 1.54) is 17.6 Å². The molecule has 25 heavy (non-hydrogen) atoms. The third kappa shape index (κ3) is 3.56. The van der Waals surface area contributed by atoms with Crippen LogP contribution in [0.1, 0.15) is 43.2 Å². The summed E-state index contributed by atoms with van der Waals surface area (Å²) in [7, 11) is 0. The van der Waals surface area contributed by atoms with E-state index >= 15 is 0 Å². The number of hydrogen-bond donors (Lipinski definition) is 1. The summed E-state index contributed by atoms with van der Waals surface area (Å²) >= 11 is 0. The molecule has 0 amide bonds. The molecule has 1 aliphatic carbocycles. The van der Waals surface area contributed by atoms with Crippen LogP contribution in [-0.2, 0) is 5.60 Å². The van der Waals surface area contributed by atoms with Crippen LogP contribution in [0, 0.1) is 0 Å². The third-order valence-electron chi connectivity index (χ3n) is 5.91. The van der Waals surface area contributed by atoms with E-state index in [-0.39, 0.29) is 0 Å². The van der Waals surface area contributed by atoms with E-state index in [2.05, 4.69) is 53.4 Å². The molecule has 0 spiro atoms. The molecule has 1 saturated carbocycles. The summed E-state index contributed by atoms with van der Waals surface area (Å²) in [5.41, 5.74) is 3.24. The zero-order valence-corrected chi connectivity index (χ0v) is 14.8. The maximum Gasteiger partial charge on any atom is 0.0911 e. The molecule has 2 aliphatic rings. The number of benzene rings is 2. The summed E-state index contributed by atoms with van der Waals surface area (Å²) in [5.74, 6) is 0. The summed E-state index contributed by atoms with van der Waals surface area (Å²) in [4.78, 5) is 2.57. The lowest BCUT2D eigenvalue weighted by atomic mass is 9.76. The molecule has 2 heteroatoms. The monoisotopic (exact) mass is 333 g/mol. The van der Waals surface area contributed by atoms with E-state index in [1.807, 2.05) is 18.2 Å². The summed E-state index contributed by atoms with van der Waals surface area (Å²) < 4.78 is 0. The molecule has 1 fully saturated rings. The second-order valence-electron chi connectivity index (χ2n) is 7.49. The van der Waals surface area contributed by atoms with Crippen molar-refractivity contribution in [3.05, 3.63) is 77.9 Å². The molecule has 0 radical (unpaired) electrons. The van der Waals surface area contributed by atoms with Crippen LogP contribution in [0.15, 0.2) is 66.7 Å². The van der Waals surface area contributed by atoms with E-state index in [0.29, 0.717) is 6.04 Å². The fraction of sp³-hybridized carbons (Fsp3) is 0.391. The van der Waals surface area contributed by atoms with Crippen LogP contribution < -0.4 is 0 Å². The van der Waals surface area contributed by atoms with Gasteiger partial charge in [-0.15, -0.1) is 0 Å². The quantitative estimate of drug-likeness (QED) is 0.887. The summed E-state index contributed by atoms with van der Waals surface area (Å²) in [5, 5.41) is 11.2. The first-order chi connectivity index (χ1) is 12.2. The third-order valence-corrected chi connectivity index (χ3v) is 5.91. The Morgan fingerprint density at radius 2 is 1.68 bits per heavy atom. The molecule has 2 nitrogen and oxygen atoms in total. The van der Waals surface area contributed by atoms with Crippen molar-refractivity contribution in [2.24, 2.45) is 0 Å². The zero-order valence-electron chi connectivity index (χ0n) is 14.8. The molecule has 2 aromatic rings. The lowest BCUT2D eigenvalue weighted by molar-refractivity contribution is -0.0341. The predicted octanol–water partition coefficient (Wildman–Crippen LogP) is 4.61. The summed E-state index contributed by atoms with van der Waals surface area (Å²) in [6.45, 7) is 2.09. The van der Waals surface area contributed by atoms with E-state index in [4.69, 9.17) is 0 Å². The highest BCUT2D eigenvalue weighted by molar-refractivity contribution is 5.66. The predicted molar refractivity (Wildman–Crippen MR) is 103 cm³/mol. The topological polar surface area (TPSA) is 23.5 Å². The van der Waals surface area contributed by atoms with E-state index in [0.717, 1.165) is 44.3 Å². The van der Waals surface area contributed by atoms with Crippen molar-refractivity contribution in [1.82, 2.24) is 4.90 Å². The lowest BCUT2D eigenvalue weighted by Crippen LogP contribution is -2.46. The molecule has 2 unspecified atom stereocenters. The Bertz CT molecular complexity index is 724. The van der Waals surface area contributed by atoms with Gasteiger partial charge in [-0.2, -0.15) is 0 Å². The highest BCUT2D eigenvalue weighted by Gasteiger charge is 2.38. The number of nitrogens with zero attached hydrogens (tertiary/aromatic N) is 1. The van der Waals surface area contributed by atoms with E-state index in [1.54, 1.807) is 0 Å². The van der Waals surface area contributed by atoms with Crippen LogP contribution in [0.3, 0.4) is 0 Å². The Morgan fingerprint density at radius 1 is 0.960 bits per heavy atom. The van der Waals surface area contributed by atoms with Crippen LogP contribution in [0.5, 0.6) is 0 Å². The minimum absolute atomic E-state index is 0.479. The van der Waals surface area contributed by atoms with Crippen LogP contribution in [0.4, 0.5) is 0 Å². The van der Waals surface area contributed by atoms with Gasteiger partial charge in [0.25, 0.3) is 0 Å². The van der Waals surface area contributed by atoms with Crippen molar-refractivity contribution in [2.45, 2.75) is 43.7 Å².